The Labute approximate surface area is 109 Å². The maximum Gasteiger partial charge on any atom is 0.260 e. The highest BCUT2D eigenvalue weighted by atomic mass is 16.5. The van der Waals surface area contributed by atoms with Gasteiger partial charge in [-0.2, -0.15) is 0 Å². The predicted molar refractivity (Wildman–Crippen MR) is 72.5 cm³/mol. The van der Waals surface area contributed by atoms with Gasteiger partial charge in [0.15, 0.2) is 6.61 Å². The number of nitrogens with zero attached hydrogens (tertiary/aromatic N) is 1. The number of carbonyl (C=O) groups is 1. The summed E-state index contributed by atoms with van der Waals surface area (Å²) >= 11 is 0. The number of hydrogen-bond acceptors (Lipinski definition) is 3. The van der Waals surface area contributed by atoms with Crippen molar-refractivity contribution in [3.63, 3.8) is 0 Å². The molecule has 0 aliphatic rings. The number of para-hydroxylation sites is 1. The number of rotatable bonds is 8. The van der Waals surface area contributed by atoms with Gasteiger partial charge in [-0.3, -0.25) is 4.79 Å². The standard InChI is InChI=1S/C14H22N2O2/c1-16(11-7-3-6-10-15)14(17)12-18-13-8-4-2-5-9-13/h2,4-5,8-9H,3,6-7,10-12,15H2,1H3. The van der Waals surface area contributed by atoms with Crippen LogP contribution in [0.25, 0.3) is 0 Å². The first-order valence-electron chi connectivity index (χ1n) is 6.36. The van der Waals surface area contributed by atoms with Crippen LogP contribution in [0.3, 0.4) is 0 Å². The molecule has 4 heteroatoms. The van der Waals surface area contributed by atoms with Crippen LogP contribution in [0.15, 0.2) is 30.3 Å². The highest BCUT2D eigenvalue weighted by Gasteiger charge is 2.08. The van der Waals surface area contributed by atoms with Gasteiger partial charge in [0.05, 0.1) is 0 Å². The van der Waals surface area contributed by atoms with Gasteiger partial charge < -0.3 is 15.4 Å². The Balaban J connectivity index is 2.19. The topological polar surface area (TPSA) is 55.6 Å². The first-order valence-corrected chi connectivity index (χ1v) is 6.36. The van der Waals surface area contributed by atoms with Crippen LogP contribution >= 0.6 is 0 Å². The average molecular weight is 250 g/mol. The molecule has 0 heterocycles. The lowest BCUT2D eigenvalue weighted by Gasteiger charge is -2.17. The van der Waals surface area contributed by atoms with E-state index in [0.717, 1.165) is 38.1 Å². The van der Waals surface area contributed by atoms with Crippen LogP contribution in [0.5, 0.6) is 5.75 Å². The van der Waals surface area contributed by atoms with Crippen LogP contribution in [-0.4, -0.2) is 37.6 Å². The summed E-state index contributed by atoms with van der Waals surface area (Å²) in [6.07, 6.45) is 3.07. The molecule has 1 amide bonds. The van der Waals surface area contributed by atoms with Gasteiger partial charge in [0.25, 0.3) is 5.91 Å². The van der Waals surface area contributed by atoms with E-state index >= 15 is 0 Å². The molecule has 1 aromatic rings. The van der Waals surface area contributed by atoms with E-state index in [0.29, 0.717) is 0 Å². The van der Waals surface area contributed by atoms with Gasteiger partial charge in [-0.05, 0) is 31.5 Å². The molecule has 0 aliphatic heterocycles. The zero-order valence-corrected chi connectivity index (χ0v) is 11.0. The molecule has 4 nitrogen and oxygen atoms in total. The molecule has 1 rings (SSSR count). The molecule has 100 valence electrons. The summed E-state index contributed by atoms with van der Waals surface area (Å²) in [5.74, 6) is 0.731. The van der Waals surface area contributed by atoms with Crippen molar-refractivity contribution < 1.29 is 9.53 Å². The molecule has 0 unspecified atom stereocenters. The van der Waals surface area contributed by atoms with Crippen LogP contribution < -0.4 is 10.5 Å². The summed E-state index contributed by atoms with van der Waals surface area (Å²) in [4.78, 5) is 13.5. The van der Waals surface area contributed by atoms with Gasteiger partial charge in [-0.15, -0.1) is 0 Å². The second kappa shape index (κ2) is 8.53. The van der Waals surface area contributed by atoms with Crippen molar-refractivity contribution in [3.05, 3.63) is 30.3 Å². The normalized spacial score (nSPS) is 10.1. The summed E-state index contributed by atoms with van der Waals surface area (Å²) < 4.78 is 5.41. The number of carbonyl (C=O) groups excluding carboxylic acids is 1. The Hall–Kier alpha value is -1.55. The summed E-state index contributed by atoms with van der Waals surface area (Å²) in [5.41, 5.74) is 5.42. The fourth-order valence-corrected chi connectivity index (χ4v) is 1.57. The molecule has 1 aromatic carbocycles. The van der Waals surface area contributed by atoms with Crippen molar-refractivity contribution in [1.29, 1.82) is 0 Å². The van der Waals surface area contributed by atoms with Crippen molar-refractivity contribution >= 4 is 5.91 Å². The number of unbranched alkanes of at least 4 members (excludes halogenated alkanes) is 2. The molecule has 0 spiro atoms. The molecule has 0 bridgehead atoms. The lowest BCUT2D eigenvalue weighted by molar-refractivity contribution is -0.132. The Morgan fingerprint density at radius 1 is 1.22 bits per heavy atom. The van der Waals surface area contributed by atoms with Gasteiger partial charge in [0.1, 0.15) is 5.75 Å². The minimum atomic E-state index is 0.00611. The molecule has 0 saturated heterocycles. The van der Waals surface area contributed by atoms with E-state index in [2.05, 4.69) is 0 Å². The van der Waals surface area contributed by atoms with Crippen LogP contribution in [0.2, 0.25) is 0 Å². The fourth-order valence-electron chi connectivity index (χ4n) is 1.57. The molecule has 2 N–H and O–H groups in total. The Kier molecular flexibility index (Phi) is 6.87. The Bertz CT molecular complexity index is 341. The minimum absolute atomic E-state index is 0.00611. The third-order valence-corrected chi connectivity index (χ3v) is 2.73. The van der Waals surface area contributed by atoms with E-state index in [1.165, 1.54) is 0 Å². The van der Waals surface area contributed by atoms with E-state index in [4.69, 9.17) is 10.5 Å². The van der Waals surface area contributed by atoms with Crippen LogP contribution in [0.4, 0.5) is 0 Å². The number of nitrogens with two attached hydrogens (primary N) is 1. The number of benzene rings is 1. The molecule has 0 fully saturated rings. The number of ether oxygens (including phenoxy) is 1. The Morgan fingerprint density at radius 2 is 1.94 bits per heavy atom. The third kappa shape index (κ3) is 5.68. The zero-order chi connectivity index (χ0) is 13.2. The molecule has 0 saturated carbocycles. The fraction of sp³-hybridized carbons (Fsp3) is 0.500. The van der Waals surface area contributed by atoms with Gasteiger partial charge in [0, 0.05) is 13.6 Å². The second-order valence-corrected chi connectivity index (χ2v) is 4.27. The SMILES string of the molecule is CN(CCCCCN)C(=O)COc1ccccc1. The zero-order valence-electron chi connectivity index (χ0n) is 11.0. The number of amides is 1. The monoisotopic (exact) mass is 250 g/mol. The van der Waals surface area contributed by atoms with Gasteiger partial charge in [-0.1, -0.05) is 24.6 Å². The molecular weight excluding hydrogens is 228 g/mol. The van der Waals surface area contributed by atoms with E-state index in [1.807, 2.05) is 30.3 Å². The van der Waals surface area contributed by atoms with Crippen molar-refractivity contribution in [2.75, 3.05) is 26.7 Å². The first-order chi connectivity index (χ1) is 8.74. The highest BCUT2D eigenvalue weighted by molar-refractivity contribution is 5.77. The minimum Gasteiger partial charge on any atom is -0.484 e. The average Bonchev–Trinajstić information content (AvgIpc) is 2.42. The van der Waals surface area contributed by atoms with E-state index in [-0.39, 0.29) is 12.5 Å². The maximum atomic E-state index is 11.8. The predicted octanol–water partition coefficient (Wildman–Crippen LogP) is 1.65. The van der Waals surface area contributed by atoms with Gasteiger partial charge in [-0.25, -0.2) is 0 Å². The van der Waals surface area contributed by atoms with E-state index in [9.17, 15) is 4.79 Å². The molecule has 0 aliphatic carbocycles. The molecule has 0 atom stereocenters. The maximum absolute atomic E-state index is 11.8. The summed E-state index contributed by atoms with van der Waals surface area (Å²) in [7, 11) is 1.80. The second-order valence-electron chi connectivity index (χ2n) is 4.27. The number of hydrogen-bond donors (Lipinski definition) is 1. The molecule has 0 radical (unpaired) electrons. The first kappa shape index (κ1) is 14.5. The van der Waals surface area contributed by atoms with E-state index < -0.39 is 0 Å². The van der Waals surface area contributed by atoms with Crippen molar-refractivity contribution in [3.8, 4) is 5.75 Å². The smallest absolute Gasteiger partial charge is 0.260 e. The quantitative estimate of drug-likeness (QED) is 0.714. The lowest BCUT2D eigenvalue weighted by Crippen LogP contribution is -2.32. The van der Waals surface area contributed by atoms with E-state index in [1.54, 1.807) is 11.9 Å². The molecule has 0 aromatic heterocycles. The van der Waals surface area contributed by atoms with Crippen molar-refractivity contribution in [2.45, 2.75) is 19.3 Å². The van der Waals surface area contributed by atoms with Crippen molar-refractivity contribution in [2.24, 2.45) is 5.73 Å². The summed E-state index contributed by atoms with van der Waals surface area (Å²) in [6, 6.07) is 9.37. The number of likely N-dealkylation sites (N-methyl/N-ethyl adjacent to an activating group) is 1. The van der Waals surface area contributed by atoms with Crippen molar-refractivity contribution in [1.82, 2.24) is 4.90 Å². The highest BCUT2D eigenvalue weighted by Crippen LogP contribution is 2.08. The van der Waals surface area contributed by atoms with Gasteiger partial charge >= 0.3 is 0 Å². The Morgan fingerprint density at radius 3 is 2.61 bits per heavy atom. The largest absolute Gasteiger partial charge is 0.484 e. The third-order valence-electron chi connectivity index (χ3n) is 2.73. The van der Waals surface area contributed by atoms with Gasteiger partial charge in [0.2, 0.25) is 0 Å². The molecular formula is C14H22N2O2. The lowest BCUT2D eigenvalue weighted by atomic mass is 10.2. The van der Waals surface area contributed by atoms with Crippen LogP contribution in [-0.2, 0) is 4.79 Å². The van der Waals surface area contributed by atoms with Crippen LogP contribution in [0, 0.1) is 0 Å². The van der Waals surface area contributed by atoms with Crippen LogP contribution in [0.1, 0.15) is 19.3 Å². The summed E-state index contributed by atoms with van der Waals surface area (Å²) in [6.45, 7) is 1.57. The summed E-state index contributed by atoms with van der Waals surface area (Å²) in [5, 5.41) is 0. The molecule has 18 heavy (non-hydrogen) atoms.